The number of rotatable bonds is 3. The van der Waals surface area contributed by atoms with Gasteiger partial charge in [0.15, 0.2) is 0 Å². The second-order valence-corrected chi connectivity index (χ2v) is 7.76. The molecule has 1 N–H and O–H groups in total. The number of amides is 2. The highest BCUT2D eigenvalue weighted by Gasteiger charge is 2.26. The third-order valence-electron chi connectivity index (χ3n) is 5.06. The number of halogens is 2. The minimum absolute atomic E-state index is 0.0918. The Labute approximate surface area is 163 Å². The zero-order valence-corrected chi connectivity index (χ0v) is 16.3. The van der Waals surface area contributed by atoms with Gasteiger partial charge in [-0.1, -0.05) is 19.9 Å². The van der Waals surface area contributed by atoms with Gasteiger partial charge in [0.25, 0.3) is 11.8 Å². The van der Waals surface area contributed by atoms with E-state index in [-0.39, 0.29) is 11.5 Å². The molecule has 0 radical (unpaired) electrons. The van der Waals surface area contributed by atoms with Gasteiger partial charge in [0.2, 0.25) is 0 Å². The zero-order chi connectivity index (χ0) is 20.4. The number of aryl methyl sites for hydroxylation is 1. The molecule has 1 heterocycles. The van der Waals surface area contributed by atoms with E-state index in [0.29, 0.717) is 36.2 Å². The molecule has 3 rings (SSSR count). The van der Waals surface area contributed by atoms with E-state index in [1.54, 1.807) is 25.1 Å². The molecular formula is C22H24F2N2O2. The molecule has 2 aromatic carbocycles. The van der Waals surface area contributed by atoms with E-state index < -0.39 is 17.5 Å². The van der Waals surface area contributed by atoms with Gasteiger partial charge in [0.05, 0.1) is 5.56 Å². The lowest BCUT2D eigenvalue weighted by atomic mass is 9.91. The van der Waals surface area contributed by atoms with Crippen LogP contribution in [-0.4, -0.2) is 29.8 Å². The largest absolute Gasteiger partial charge is 0.338 e. The highest BCUT2D eigenvalue weighted by molar-refractivity contribution is 6.05. The number of nitrogens with zero attached hydrogens (tertiary/aromatic N) is 1. The van der Waals surface area contributed by atoms with Crippen molar-refractivity contribution in [2.45, 2.75) is 27.2 Å². The van der Waals surface area contributed by atoms with Crippen LogP contribution in [0.2, 0.25) is 0 Å². The molecule has 2 aromatic rings. The predicted molar refractivity (Wildman–Crippen MR) is 104 cm³/mol. The molecule has 0 saturated carbocycles. The second kappa shape index (κ2) is 8.09. The van der Waals surface area contributed by atoms with Gasteiger partial charge < -0.3 is 10.2 Å². The standard InChI is InChI=1S/C22H24F2N2O2/c1-13-8-14(2)12-26(11-13)22(28)16-5-4-15(3)20(9-16)25-21(27)18-10-17(23)6-7-19(18)24/h4-7,9-10,13-14H,8,11-12H2,1-3H3,(H,25,27). The Balaban J connectivity index is 1.82. The number of hydrogen-bond acceptors (Lipinski definition) is 2. The summed E-state index contributed by atoms with van der Waals surface area (Å²) in [5, 5.41) is 2.59. The lowest BCUT2D eigenvalue weighted by Crippen LogP contribution is -2.42. The number of benzene rings is 2. The van der Waals surface area contributed by atoms with Crippen LogP contribution in [0.5, 0.6) is 0 Å². The molecule has 2 atom stereocenters. The molecule has 148 valence electrons. The van der Waals surface area contributed by atoms with Crippen molar-refractivity contribution in [3.8, 4) is 0 Å². The van der Waals surface area contributed by atoms with Crippen molar-refractivity contribution < 1.29 is 18.4 Å². The van der Waals surface area contributed by atoms with Crippen LogP contribution < -0.4 is 5.32 Å². The van der Waals surface area contributed by atoms with E-state index in [9.17, 15) is 18.4 Å². The summed E-state index contributed by atoms with van der Waals surface area (Å²) in [4.78, 5) is 27.1. The van der Waals surface area contributed by atoms with Crippen molar-refractivity contribution in [1.82, 2.24) is 4.90 Å². The maximum atomic E-state index is 13.9. The van der Waals surface area contributed by atoms with Crippen LogP contribution in [-0.2, 0) is 0 Å². The molecule has 2 amide bonds. The van der Waals surface area contributed by atoms with Crippen LogP contribution in [0.4, 0.5) is 14.5 Å². The molecule has 0 spiro atoms. The van der Waals surface area contributed by atoms with Crippen molar-refractivity contribution in [3.05, 3.63) is 64.7 Å². The van der Waals surface area contributed by atoms with Crippen molar-refractivity contribution in [1.29, 1.82) is 0 Å². The van der Waals surface area contributed by atoms with Gasteiger partial charge in [0, 0.05) is 24.3 Å². The molecule has 1 saturated heterocycles. The van der Waals surface area contributed by atoms with E-state index >= 15 is 0 Å². The minimum atomic E-state index is -0.805. The highest BCUT2D eigenvalue weighted by atomic mass is 19.1. The Kier molecular flexibility index (Phi) is 5.77. The first-order chi connectivity index (χ1) is 13.2. The van der Waals surface area contributed by atoms with Gasteiger partial charge in [-0.2, -0.15) is 0 Å². The van der Waals surface area contributed by atoms with E-state index in [0.717, 1.165) is 30.2 Å². The summed E-state index contributed by atoms with van der Waals surface area (Å²) in [5.74, 6) is -1.47. The summed E-state index contributed by atoms with van der Waals surface area (Å²) in [6, 6.07) is 7.77. The fourth-order valence-corrected chi connectivity index (χ4v) is 3.76. The predicted octanol–water partition coefficient (Wildman–Crippen LogP) is 4.64. The molecule has 1 aliphatic heterocycles. The molecule has 2 unspecified atom stereocenters. The number of piperidine rings is 1. The second-order valence-electron chi connectivity index (χ2n) is 7.76. The fourth-order valence-electron chi connectivity index (χ4n) is 3.76. The maximum absolute atomic E-state index is 13.9. The summed E-state index contributed by atoms with van der Waals surface area (Å²) >= 11 is 0. The van der Waals surface area contributed by atoms with Crippen molar-refractivity contribution in [2.75, 3.05) is 18.4 Å². The molecule has 6 heteroatoms. The van der Waals surface area contributed by atoms with Gasteiger partial charge >= 0.3 is 0 Å². The highest BCUT2D eigenvalue weighted by Crippen LogP contribution is 2.25. The molecule has 0 aliphatic carbocycles. The zero-order valence-electron chi connectivity index (χ0n) is 16.3. The molecule has 0 aromatic heterocycles. The SMILES string of the molecule is Cc1ccc(C(=O)N2CC(C)CC(C)C2)cc1NC(=O)c1cc(F)ccc1F. The van der Waals surface area contributed by atoms with Crippen LogP contribution in [0.1, 0.15) is 46.5 Å². The number of nitrogens with one attached hydrogen (secondary N) is 1. The first-order valence-corrected chi connectivity index (χ1v) is 9.41. The van der Waals surface area contributed by atoms with Crippen LogP contribution in [0.15, 0.2) is 36.4 Å². The van der Waals surface area contributed by atoms with Crippen LogP contribution in [0.25, 0.3) is 0 Å². The van der Waals surface area contributed by atoms with Gasteiger partial charge in [-0.25, -0.2) is 8.78 Å². The molecular weight excluding hydrogens is 362 g/mol. The smallest absolute Gasteiger partial charge is 0.258 e. The Morgan fingerprint density at radius 2 is 1.71 bits per heavy atom. The molecule has 1 fully saturated rings. The van der Waals surface area contributed by atoms with E-state index in [1.807, 2.05) is 4.90 Å². The number of hydrogen-bond donors (Lipinski definition) is 1. The topological polar surface area (TPSA) is 49.4 Å². The van der Waals surface area contributed by atoms with Crippen LogP contribution in [0, 0.1) is 30.4 Å². The quantitative estimate of drug-likeness (QED) is 0.835. The summed E-state index contributed by atoms with van der Waals surface area (Å²) < 4.78 is 27.2. The minimum Gasteiger partial charge on any atom is -0.338 e. The van der Waals surface area contributed by atoms with Gasteiger partial charge in [-0.15, -0.1) is 0 Å². The van der Waals surface area contributed by atoms with Gasteiger partial charge in [-0.3, -0.25) is 9.59 Å². The van der Waals surface area contributed by atoms with Crippen molar-refractivity contribution >= 4 is 17.5 Å². The van der Waals surface area contributed by atoms with Crippen LogP contribution in [0.3, 0.4) is 0 Å². The fraction of sp³-hybridized carbons (Fsp3) is 0.364. The third-order valence-corrected chi connectivity index (χ3v) is 5.06. The third kappa shape index (κ3) is 4.38. The first-order valence-electron chi connectivity index (χ1n) is 9.41. The summed E-state index contributed by atoms with van der Waals surface area (Å²) in [5.41, 5.74) is 1.21. The van der Waals surface area contributed by atoms with Gasteiger partial charge in [0.1, 0.15) is 11.6 Å². The monoisotopic (exact) mass is 386 g/mol. The summed E-state index contributed by atoms with van der Waals surface area (Å²) in [7, 11) is 0. The summed E-state index contributed by atoms with van der Waals surface area (Å²) in [6.45, 7) is 7.44. The lowest BCUT2D eigenvalue weighted by molar-refractivity contribution is 0.0623. The maximum Gasteiger partial charge on any atom is 0.258 e. The molecule has 28 heavy (non-hydrogen) atoms. The number of carbonyl (C=O) groups excluding carboxylic acids is 2. The molecule has 4 nitrogen and oxygen atoms in total. The lowest BCUT2D eigenvalue weighted by Gasteiger charge is -2.35. The first kappa shape index (κ1) is 20.0. The van der Waals surface area contributed by atoms with Gasteiger partial charge in [-0.05, 0) is 61.1 Å². The van der Waals surface area contributed by atoms with E-state index in [4.69, 9.17) is 0 Å². The molecule has 1 aliphatic rings. The summed E-state index contributed by atoms with van der Waals surface area (Å²) in [6.07, 6.45) is 1.10. The van der Waals surface area contributed by atoms with E-state index in [2.05, 4.69) is 19.2 Å². The average Bonchev–Trinajstić information content (AvgIpc) is 2.64. The number of carbonyl (C=O) groups is 2. The number of likely N-dealkylation sites (tertiary alicyclic amines) is 1. The molecule has 0 bridgehead atoms. The Morgan fingerprint density at radius 3 is 2.39 bits per heavy atom. The Bertz CT molecular complexity index is 903. The van der Waals surface area contributed by atoms with Crippen LogP contribution >= 0.6 is 0 Å². The van der Waals surface area contributed by atoms with E-state index in [1.165, 1.54) is 0 Å². The Morgan fingerprint density at radius 1 is 1.04 bits per heavy atom. The number of anilines is 1. The van der Waals surface area contributed by atoms with Crippen molar-refractivity contribution in [3.63, 3.8) is 0 Å². The normalized spacial score (nSPS) is 19.4. The van der Waals surface area contributed by atoms with Crippen molar-refractivity contribution in [2.24, 2.45) is 11.8 Å². The Hall–Kier alpha value is -2.76. The average molecular weight is 386 g/mol.